The Morgan fingerprint density at radius 1 is 1.38 bits per heavy atom. The third-order valence-electron chi connectivity index (χ3n) is 2.54. The van der Waals surface area contributed by atoms with Gasteiger partial charge in [-0.1, -0.05) is 24.3 Å². The van der Waals surface area contributed by atoms with Gasteiger partial charge in [-0.25, -0.2) is 0 Å². The van der Waals surface area contributed by atoms with E-state index in [0.29, 0.717) is 0 Å². The average Bonchev–Trinajstić information content (AvgIpc) is 2.44. The van der Waals surface area contributed by atoms with Gasteiger partial charge in [0.15, 0.2) is 0 Å². The van der Waals surface area contributed by atoms with Crippen molar-refractivity contribution in [2.75, 3.05) is 7.11 Å². The molecular formula is C10H14ClNO. The molecule has 2 nitrogen and oxygen atoms in total. The van der Waals surface area contributed by atoms with Crippen molar-refractivity contribution in [1.29, 1.82) is 0 Å². The molecule has 3 heteroatoms. The van der Waals surface area contributed by atoms with Crippen LogP contribution in [-0.2, 0) is 11.2 Å². The number of fused-ring (bicyclic) bond motifs is 1. The first-order chi connectivity index (χ1) is 5.83. The van der Waals surface area contributed by atoms with E-state index in [1.54, 1.807) is 7.11 Å². The van der Waals surface area contributed by atoms with E-state index in [1.807, 2.05) is 12.1 Å². The molecule has 1 aromatic rings. The van der Waals surface area contributed by atoms with Crippen LogP contribution < -0.4 is 5.73 Å². The van der Waals surface area contributed by atoms with Crippen molar-refractivity contribution in [3.8, 4) is 0 Å². The Labute approximate surface area is 84.5 Å². The summed E-state index contributed by atoms with van der Waals surface area (Å²) < 4.78 is 5.28. The maximum absolute atomic E-state index is 5.98. The van der Waals surface area contributed by atoms with Crippen molar-refractivity contribution < 1.29 is 4.74 Å². The van der Waals surface area contributed by atoms with Gasteiger partial charge in [-0.3, -0.25) is 0 Å². The minimum atomic E-state index is 0. The van der Waals surface area contributed by atoms with E-state index in [2.05, 4.69) is 12.1 Å². The lowest BCUT2D eigenvalue weighted by Crippen LogP contribution is -2.23. The van der Waals surface area contributed by atoms with Crippen LogP contribution in [-0.4, -0.2) is 13.2 Å². The van der Waals surface area contributed by atoms with Gasteiger partial charge in [0.2, 0.25) is 0 Å². The molecule has 0 heterocycles. The smallest absolute Gasteiger partial charge is 0.0804 e. The molecule has 0 aliphatic heterocycles. The Morgan fingerprint density at radius 3 is 2.69 bits per heavy atom. The lowest BCUT2D eigenvalue weighted by molar-refractivity contribution is 0.0907. The molecule has 0 radical (unpaired) electrons. The molecule has 13 heavy (non-hydrogen) atoms. The zero-order valence-electron chi connectivity index (χ0n) is 7.57. The normalized spacial score (nSPS) is 25.1. The van der Waals surface area contributed by atoms with Gasteiger partial charge in [0.25, 0.3) is 0 Å². The third-order valence-corrected chi connectivity index (χ3v) is 2.54. The van der Waals surface area contributed by atoms with Crippen LogP contribution in [0.2, 0.25) is 0 Å². The third kappa shape index (κ3) is 1.70. The molecule has 1 aliphatic carbocycles. The predicted molar refractivity (Wildman–Crippen MR) is 55.1 cm³/mol. The Hall–Kier alpha value is -0.570. The predicted octanol–water partition coefficient (Wildman–Crippen LogP) is 1.68. The summed E-state index contributed by atoms with van der Waals surface area (Å²) in [6, 6.07) is 8.33. The Kier molecular flexibility index (Phi) is 3.31. The lowest BCUT2D eigenvalue weighted by atomic mass is 10.1. The van der Waals surface area contributed by atoms with Crippen LogP contribution in [0, 0.1) is 0 Å². The molecule has 1 aliphatic rings. The molecule has 0 amide bonds. The van der Waals surface area contributed by atoms with E-state index in [9.17, 15) is 0 Å². The summed E-state index contributed by atoms with van der Waals surface area (Å²) in [4.78, 5) is 0. The lowest BCUT2D eigenvalue weighted by Gasteiger charge is -2.13. The van der Waals surface area contributed by atoms with E-state index in [1.165, 1.54) is 11.1 Å². The molecule has 2 rings (SSSR count). The quantitative estimate of drug-likeness (QED) is 0.747. The van der Waals surface area contributed by atoms with Gasteiger partial charge in [-0.05, 0) is 11.1 Å². The minimum absolute atomic E-state index is 0. The van der Waals surface area contributed by atoms with Gasteiger partial charge in [-0.15, -0.1) is 12.4 Å². The van der Waals surface area contributed by atoms with Crippen molar-refractivity contribution in [3.63, 3.8) is 0 Å². The van der Waals surface area contributed by atoms with Crippen LogP contribution in [0.5, 0.6) is 0 Å². The van der Waals surface area contributed by atoms with Gasteiger partial charge in [0.1, 0.15) is 0 Å². The summed E-state index contributed by atoms with van der Waals surface area (Å²) in [5.41, 5.74) is 8.55. The van der Waals surface area contributed by atoms with E-state index in [4.69, 9.17) is 10.5 Å². The number of halogens is 1. The first-order valence-electron chi connectivity index (χ1n) is 4.19. The summed E-state index contributed by atoms with van der Waals surface area (Å²) in [6.07, 6.45) is 1.12. The van der Waals surface area contributed by atoms with Crippen LogP contribution in [0.25, 0.3) is 0 Å². The second kappa shape index (κ2) is 4.09. The van der Waals surface area contributed by atoms with Gasteiger partial charge in [-0.2, -0.15) is 0 Å². The zero-order valence-corrected chi connectivity index (χ0v) is 8.38. The first kappa shape index (κ1) is 10.5. The molecule has 0 saturated carbocycles. The molecule has 72 valence electrons. The highest BCUT2D eigenvalue weighted by atomic mass is 35.5. The number of benzene rings is 1. The highest BCUT2D eigenvalue weighted by Gasteiger charge is 2.28. The molecule has 0 unspecified atom stereocenters. The Balaban J connectivity index is 0.000000845. The van der Waals surface area contributed by atoms with Crippen LogP contribution in [0.3, 0.4) is 0 Å². The van der Waals surface area contributed by atoms with Gasteiger partial charge < -0.3 is 10.5 Å². The first-order valence-corrected chi connectivity index (χ1v) is 4.19. The molecule has 2 N–H and O–H groups in total. The number of hydrogen-bond acceptors (Lipinski definition) is 2. The van der Waals surface area contributed by atoms with Crippen molar-refractivity contribution in [1.82, 2.24) is 0 Å². The van der Waals surface area contributed by atoms with Crippen LogP contribution in [0.15, 0.2) is 24.3 Å². The second-order valence-electron chi connectivity index (χ2n) is 3.20. The SMILES string of the molecule is CO[C@@H]1Cc2ccccc2[C@H]1N.Cl. The summed E-state index contributed by atoms with van der Waals surface area (Å²) in [5, 5.41) is 0. The van der Waals surface area contributed by atoms with E-state index in [0.717, 1.165) is 6.42 Å². The number of nitrogens with two attached hydrogens (primary N) is 1. The number of methoxy groups -OCH3 is 1. The summed E-state index contributed by atoms with van der Waals surface area (Å²) >= 11 is 0. The standard InChI is InChI=1S/C10H13NO.ClH/c1-12-9-6-7-4-2-3-5-8(7)10(9)11;/h2-5,9-10H,6,11H2,1H3;1H/t9-,10-;/m1./s1. The maximum Gasteiger partial charge on any atom is 0.0804 e. The monoisotopic (exact) mass is 199 g/mol. The number of hydrogen-bond donors (Lipinski definition) is 1. The van der Waals surface area contributed by atoms with Gasteiger partial charge in [0.05, 0.1) is 12.1 Å². The fourth-order valence-electron chi connectivity index (χ4n) is 1.82. The van der Waals surface area contributed by atoms with Crippen molar-refractivity contribution in [2.24, 2.45) is 5.73 Å². The Morgan fingerprint density at radius 2 is 2.08 bits per heavy atom. The Bertz CT molecular complexity index is 290. The van der Waals surface area contributed by atoms with Crippen molar-refractivity contribution in [3.05, 3.63) is 35.4 Å². The topological polar surface area (TPSA) is 35.2 Å². The van der Waals surface area contributed by atoms with E-state index in [-0.39, 0.29) is 24.6 Å². The molecule has 0 aromatic heterocycles. The average molecular weight is 200 g/mol. The van der Waals surface area contributed by atoms with Crippen molar-refractivity contribution >= 4 is 12.4 Å². The van der Waals surface area contributed by atoms with Crippen LogP contribution in [0.1, 0.15) is 17.2 Å². The molecule has 1 aromatic carbocycles. The highest BCUT2D eigenvalue weighted by Crippen LogP contribution is 2.30. The van der Waals surface area contributed by atoms with Crippen LogP contribution in [0.4, 0.5) is 0 Å². The fraction of sp³-hybridized carbons (Fsp3) is 0.400. The van der Waals surface area contributed by atoms with E-state index < -0.39 is 0 Å². The molecule has 0 saturated heterocycles. The molecule has 2 atom stereocenters. The number of rotatable bonds is 1. The molecule has 0 fully saturated rings. The van der Waals surface area contributed by atoms with Gasteiger partial charge >= 0.3 is 0 Å². The number of ether oxygens (including phenoxy) is 1. The zero-order chi connectivity index (χ0) is 8.55. The fourth-order valence-corrected chi connectivity index (χ4v) is 1.82. The maximum atomic E-state index is 5.98. The van der Waals surface area contributed by atoms with Crippen LogP contribution >= 0.6 is 12.4 Å². The summed E-state index contributed by atoms with van der Waals surface area (Å²) in [6.45, 7) is 0. The summed E-state index contributed by atoms with van der Waals surface area (Å²) in [5.74, 6) is 0. The molecule has 0 spiro atoms. The van der Waals surface area contributed by atoms with Gasteiger partial charge in [0, 0.05) is 13.5 Å². The van der Waals surface area contributed by atoms with E-state index >= 15 is 0 Å². The highest BCUT2D eigenvalue weighted by molar-refractivity contribution is 5.85. The minimum Gasteiger partial charge on any atom is -0.379 e. The van der Waals surface area contributed by atoms with Crippen molar-refractivity contribution in [2.45, 2.75) is 18.6 Å². The molecule has 0 bridgehead atoms. The second-order valence-corrected chi connectivity index (χ2v) is 3.20. The summed E-state index contributed by atoms with van der Waals surface area (Å²) in [7, 11) is 1.72. The molecular weight excluding hydrogens is 186 g/mol. The largest absolute Gasteiger partial charge is 0.379 e.